The van der Waals surface area contributed by atoms with E-state index in [4.69, 9.17) is 0 Å². The van der Waals surface area contributed by atoms with Gasteiger partial charge in [0.15, 0.2) is 0 Å². The summed E-state index contributed by atoms with van der Waals surface area (Å²) in [4.78, 5) is 1.31. The van der Waals surface area contributed by atoms with Gasteiger partial charge in [0.2, 0.25) is 0 Å². The molecule has 1 aromatic carbocycles. The SMILES string of the molecule is CSc1ccc(-c2cccn2C)cc1. The Morgan fingerprint density at radius 1 is 1.07 bits per heavy atom. The number of nitrogens with zero attached hydrogens (tertiary/aromatic N) is 1. The molecular weight excluding hydrogens is 190 g/mol. The molecule has 2 heteroatoms. The average Bonchev–Trinajstić information content (AvgIpc) is 2.65. The third kappa shape index (κ3) is 1.70. The predicted molar refractivity (Wildman–Crippen MR) is 62.6 cm³/mol. The molecule has 72 valence electrons. The molecule has 0 bridgehead atoms. The summed E-state index contributed by atoms with van der Waals surface area (Å²) in [7, 11) is 2.07. The highest BCUT2D eigenvalue weighted by Crippen LogP contribution is 2.22. The van der Waals surface area contributed by atoms with E-state index < -0.39 is 0 Å². The first-order valence-corrected chi connectivity index (χ1v) is 5.79. The minimum Gasteiger partial charge on any atom is -0.351 e. The predicted octanol–water partition coefficient (Wildman–Crippen LogP) is 3.41. The number of rotatable bonds is 2. The van der Waals surface area contributed by atoms with Gasteiger partial charge in [0.05, 0.1) is 0 Å². The van der Waals surface area contributed by atoms with E-state index in [1.807, 2.05) is 0 Å². The molecule has 0 N–H and O–H groups in total. The Morgan fingerprint density at radius 3 is 2.29 bits per heavy atom. The molecule has 0 fully saturated rings. The molecule has 0 aliphatic carbocycles. The molecule has 0 atom stereocenters. The lowest BCUT2D eigenvalue weighted by molar-refractivity contribution is 0.937. The van der Waals surface area contributed by atoms with E-state index in [-0.39, 0.29) is 0 Å². The zero-order valence-corrected chi connectivity index (χ0v) is 9.21. The van der Waals surface area contributed by atoms with Crippen molar-refractivity contribution in [2.75, 3.05) is 6.26 Å². The van der Waals surface area contributed by atoms with E-state index in [1.165, 1.54) is 16.2 Å². The second-order valence-corrected chi connectivity index (χ2v) is 4.11. The first-order valence-electron chi connectivity index (χ1n) is 4.57. The molecule has 0 amide bonds. The second kappa shape index (κ2) is 3.93. The molecule has 2 aromatic rings. The first-order chi connectivity index (χ1) is 6.81. The van der Waals surface area contributed by atoms with Gasteiger partial charge in [-0.25, -0.2) is 0 Å². The Balaban J connectivity index is 2.39. The highest BCUT2D eigenvalue weighted by molar-refractivity contribution is 7.98. The normalized spacial score (nSPS) is 10.4. The van der Waals surface area contributed by atoms with Gasteiger partial charge in [-0.2, -0.15) is 0 Å². The van der Waals surface area contributed by atoms with Gasteiger partial charge in [-0.15, -0.1) is 11.8 Å². The van der Waals surface area contributed by atoms with E-state index in [1.54, 1.807) is 11.8 Å². The van der Waals surface area contributed by atoms with Gasteiger partial charge in [0.1, 0.15) is 0 Å². The number of hydrogen-bond acceptors (Lipinski definition) is 1. The van der Waals surface area contributed by atoms with Crippen molar-refractivity contribution >= 4 is 11.8 Å². The van der Waals surface area contributed by atoms with Crippen LogP contribution >= 0.6 is 11.8 Å². The number of aromatic nitrogens is 1. The van der Waals surface area contributed by atoms with Crippen molar-refractivity contribution in [1.29, 1.82) is 0 Å². The van der Waals surface area contributed by atoms with E-state index in [9.17, 15) is 0 Å². The number of thioether (sulfide) groups is 1. The molecular formula is C12H13NS. The van der Waals surface area contributed by atoms with Gasteiger partial charge >= 0.3 is 0 Å². The van der Waals surface area contributed by atoms with Crippen LogP contribution in [0.5, 0.6) is 0 Å². The fraction of sp³-hybridized carbons (Fsp3) is 0.167. The summed E-state index contributed by atoms with van der Waals surface area (Å²) in [6.07, 6.45) is 4.16. The second-order valence-electron chi connectivity index (χ2n) is 3.23. The van der Waals surface area contributed by atoms with Gasteiger partial charge in [-0.05, 0) is 36.1 Å². The lowest BCUT2D eigenvalue weighted by Gasteiger charge is -2.03. The maximum atomic E-state index is 2.17. The Labute approximate surface area is 88.8 Å². The van der Waals surface area contributed by atoms with E-state index in [2.05, 4.69) is 60.5 Å². The van der Waals surface area contributed by atoms with Gasteiger partial charge in [-0.3, -0.25) is 0 Å². The summed E-state index contributed by atoms with van der Waals surface area (Å²) < 4.78 is 2.13. The number of hydrogen-bond donors (Lipinski definition) is 0. The molecule has 0 unspecified atom stereocenters. The summed E-state index contributed by atoms with van der Waals surface area (Å²) in [5.74, 6) is 0. The number of aryl methyl sites for hydroxylation is 1. The summed E-state index contributed by atoms with van der Waals surface area (Å²) in [5.41, 5.74) is 2.54. The summed E-state index contributed by atoms with van der Waals surface area (Å²) in [6.45, 7) is 0. The first kappa shape index (κ1) is 9.41. The maximum Gasteiger partial charge on any atom is 0.0477 e. The van der Waals surface area contributed by atoms with Crippen LogP contribution in [0.2, 0.25) is 0 Å². The van der Waals surface area contributed by atoms with E-state index >= 15 is 0 Å². The van der Waals surface area contributed by atoms with Crippen LogP contribution in [-0.2, 0) is 7.05 Å². The minimum atomic E-state index is 1.26. The van der Waals surface area contributed by atoms with E-state index in [0.717, 1.165) is 0 Å². The molecule has 1 nitrogen and oxygen atoms in total. The topological polar surface area (TPSA) is 4.93 Å². The van der Waals surface area contributed by atoms with Crippen molar-refractivity contribution < 1.29 is 0 Å². The summed E-state index contributed by atoms with van der Waals surface area (Å²) in [5, 5.41) is 0. The molecule has 1 heterocycles. The van der Waals surface area contributed by atoms with Crippen LogP contribution in [-0.4, -0.2) is 10.8 Å². The van der Waals surface area contributed by atoms with Gasteiger partial charge in [0.25, 0.3) is 0 Å². The highest BCUT2D eigenvalue weighted by atomic mass is 32.2. The number of benzene rings is 1. The summed E-state index contributed by atoms with van der Waals surface area (Å²) in [6, 6.07) is 12.9. The van der Waals surface area contributed by atoms with E-state index in [0.29, 0.717) is 0 Å². The van der Waals surface area contributed by atoms with Crippen LogP contribution in [0.4, 0.5) is 0 Å². The molecule has 0 radical (unpaired) electrons. The molecule has 0 aliphatic rings. The molecule has 0 aliphatic heterocycles. The lowest BCUT2D eigenvalue weighted by Crippen LogP contribution is -1.88. The van der Waals surface area contributed by atoms with Gasteiger partial charge in [0, 0.05) is 23.8 Å². The smallest absolute Gasteiger partial charge is 0.0477 e. The Hall–Kier alpha value is -1.15. The third-order valence-electron chi connectivity index (χ3n) is 2.33. The average molecular weight is 203 g/mol. The van der Waals surface area contributed by atoms with Crippen LogP contribution in [0.15, 0.2) is 47.5 Å². The van der Waals surface area contributed by atoms with Crippen molar-refractivity contribution in [3.05, 3.63) is 42.6 Å². The molecule has 0 spiro atoms. The molecule has 14 heavy (non-hydrogen) atoms. The Kier molecular flexibility index (Phi) is 2.64. The third-order valence-corrected chi connectivity index (χ3v) is 3.07. The molecule has 0 saturated carbocycles. The Bertz CT molecular complexity index is 414. The summed E-state index contributed by atoms with van der Waals surface area (Å²) >= 11 is 1.77. The van der Waals surface area contributed by atoms with Crippen molar-refractivity contribution in [2.24, 2.45) is 7.05 Å². The fourth-order valence-corrected chi connectivity index (χ4v) is 1.93. The zero-order chi connectivity index (χ0) is 9.97. The van der Waals surface area contributed by atoms with Crippen molar-refractivity contribution in [3.63, 3.8) is 0 Å². The zero-order valence-electron chi connectivity index (χ0n) is 8.40. The molecule has 1 aromatic heterocycles. The van der Waals surface area contributed by atoms with Crippen molar-refractivity contribution in [2.45, 2.75) is 4.90 Å². The monoisotopic (exact) mass is 203 g/mol. The lowest BCUT2D eigenvalue weighted by atomic mass is 10.1. The van der Waals surface area contributed by atoms with Crippen molar-refractivity contribution in [1.82, 2.24) is 4.57 Å². The largest absolute Gasteiger partial charge is 0.351 e. The van der Waals surface area contributed by atoms with Crippen LogP contribution in [0.25, 0.3) is 11.3 Å². The Morgan fingerprint density at radius 2 is 1.79 bits per heavy atom. The van der Waals surface area contributed by atoms with Crippen LogP contribution in [0.3, 0.4) is 0 Å². The fourth-order valence-electron chi connectivity index (χ4n) is 1.52. The minimum absolute atomic E-state index is 1.26. The van der Waals surface area contributed by atoms with Gasteiger partial charge < -0.3 is 4.57 Å². The maximum absolute atomic E-state index is 2.17. The standard InChI is InChI=1S/C12H13NS/c1-13-9-3-4-12(13)10-5-7-11(14-2)8-6-10/h3-9H,1-2H3. The van der Waals surface area contributed by atoms with Crippen molar-refractivity contribution in [3.8, 4) is 11.3 Å². The van der Waals surface area contributed by atoms with Crippen LogP contribution in [0, 0.1) is 0 Å². The molecule has 0 saturated heterocycles. The highest BCUT2D eigenvalue weighted by Gasteiger charge is 2.00. The van der Waals surface area contributed by atoms with Crippen LogP contribution in [0.1, 0.15) is 0 Å². The quantitative estimate of drug-likeness (QED) is 0.677. The van der Waals surface area contributed by atoms with Crippen LogP contribution < -0.4 is 0 Å². The van der Waals surface area contributed by atoms with Gasteiger partial charge in [-0.1, -0.05) is 12.1 Å². The molecule has 2 rings (SSSR count).